The largest absolute Gasteiger partial charge is 1.00 e. The van der Waals surface area contributed by atoms with Gasteiger partial charge in [0.1, 0.15) is 12.1 Å². The molecule has 0 spiro atoms. The van der Waals surface area contributed by atoms with E-state index in [0.717, 1.165) is 33.4 Å². The van der Waals surface area contributed by atoms with Crippen LogP contribution < -0.4 is 18.9 Å². The maximum absolute atomic E-state index is 13.9. The van der Waals surface area contributed by atoms with Gasteiger partial charge in [-0.15, -0.1) is 0 Å². The monoisotopic (exact) mass is 914 g/mol. The van der Waals surface area contributed by atoms with Crippen LogP contribution in [-0.4, -0.2) is 94.1 Å². The van der Waals surface area contributed by atoms with E-state index in [9.17, 15) is 24.3 Å². The van der Waals surface area contributed by atoms with Crippen LogP contribution in [0.1, 0.15) is 70.9 Å². The number of piperidine rings is 2. The molecule has 2 aliphatic rings. The number of carbonyl (C=O) groups excluding carboxylic acids is 3. The Hall–Kier alpha value is -6.36. The van der Waals surface area contributed by atoms with Gasteiger partial charge in [0.15, 0.2) is 0 Å². The zero-order valence-electron chi connectivity index (χ0n) is 38.6. The number of nitrogens with zero attached hydrogens (tertiary/aromatic N) is 2. The van der Waals surface area contributed by atoms with Crippen LogP contribution in [0.2, 0.25) is 0 Å². The van der Waals surface area contributed by atoms with Crippen molar-refractivity contribution in [2.45, 2.75) is 75.0 Å². The molecule has 2 aliphatic heterocycles. The fourth-order valence-electron chi connectivity index (χ4n) is 8.74. The number of carboxylic acid groups (broad SMARTS) is 1. The first kappa shape index (κ1) is 54.2. The van der Waals surface area contributed by atoms with Gasteiger partial charge in [-0.3, -0.25) is 9.59 Å². The molecule has 4 atom stereocenters. The molecule has 6 aromatic rings. The molecule has 6 aromatic carbocycles. The number of methoxy groups -OCH3 is 1. The van der Waals surface area contributed by atoms with Crippen molar-refractivity contribution in [3.05, 3.63) is 215 Å². The van der Waals surface area contributed by atoms with Crippen LogP contribution in [0.25, 0.3) is 0 Å². The second kappa shape index (κ2) is 27.5. The first-order valence-electron chi connectivity index (χ1n) is 22.2. The van der Waals surface area contributed by atoms with Crippen LogP contribution in [0.4, 0.5) is 0 Å². The van der Waals surface area contributed by atoms with Crippen LogP contribution in [0, 0.1) is 0 Å². The van der Waals surface area contributed by atoms with E-state index >= 15 is 0 Å². The van der Waals surface area contributed by atoms with Gasteiger partial charge in [-0.05, 0) is 46.2 Å². The fraction of sp³-hybridized carbons (Fsp3) is 0.273. The Morgan fingerprint density at radius 3 is 1.12 bits per heavy atom. The van der Waals surface area contributed by atoms with Crippen LogP contribution in [0.5, 0.6) is 0 Å². The first-order chi connectivity index (χ1) is 31.8. The Kier molecular flexibility index (Phi) is 21.9. The van der Waals surface area contributed by atoms with E-state index in [2.05, 4.69) is 0 Å². The van der Waals surface area contributed by atoms with Crippen molar-refractivity contribution in [2.24, 2.45) is 0 Å². The maximum atomic E-state index is 13.9. The zero-order valence-corrected chi connectivity index (χ0v) is 38.6. The second-order valence-corrected chi connectivity index (χ2v) is 16.4. The van der Waals surface area contributed by atoms with Gasteiger partial charge in [0.2, 0.25) is 11.8 Å². The van der Waals surface area contributed by atoms with Crippen molar-refractivity contribution in [2.75, 3.05) is 20.2 Å². The Morgan fingerprint density at radius 1 is 0.515 bits per heavy atom. The molecule has 0 unspecified atom stereocenters. The number of benzene rings is 6. The number of hydrogen-bond acceptors (Lipinski definition) is 8. The van der Waals surface area contributed by atoms with Crippen LogP contribution in [0.15, 0.2) is 182 Å². The maximum Gasteiger partial charge on any atom is 1.00 e. The third-order valence-electron chi connectivity index (χ3n) is 12.1. The second-order valence-electron chi connectivity index (χ2n) is 16.4. The number of amides is 2. The summed E-state index contributed by atoms with van der Waals surface area (Å²) < 4.78 is 17.2. The quantitative estimate of drug-likeness (QED) is 0.115. The minimum Gasteiger partial charge on any atom is -0.870 e. The van der Waals surface area contributed by atoms with Gasteiger partial charge >= 0.3 is 30.8 Å². The van der Waals surface area contributed by atoms with Crippen molar-refractivity contribution in [1.29, 1.82) is 0 Å². The van der Waals surface area contributed by atoms with Gasteiger partial charge in [-0.25, -0.2) is 9.59 Å². The number of carboxylic acids is 1. The van der Waals surface area contributed by atoms with E-state index in [0.29, 0.717) is 45.6 Å². The summed E-state index contributed by atoms with van der Waals surface area (Å²) >= 11 is 0. The van der Waals surface area contributed by atoms with Gasteiger partial charge in [0, 0.05) is 25.9 Å². The SMILES string of the molecule is COC(=O)[C@@H]1C[C@H](OCc2ccccc2)CCN1C(=O)C(c1ccccc1)c1ccccc1.O.O=C(O)[C@@H]1C[C@H](OCc2ccccc2)CCN1C(=O)C(c1ccccc1)c1ccccc1.[Li+].[OH-]. The van der Waals surface area contributed by atoms with Crippen LogP contribution in [0.3, 0.4) is 0 Å². The average Bonchev–Trinajstić information content (AvgIpc) is 3.37. The number of aliphatic carboxylic acids is 1. The molecule has 2 amide bonds. The molecule has 2 saturated heterocycles. The minimum absolute atomic E-state index is 0. The molecule has 2 fully saturated rings. The molecule has 8 rings (SSSR count). The zero-order chi connectivity index (χ0) is 45.4. The van der Waals surface area contributed by atoms with Crippen molar-refractivity contribution in [3.63, 3.8) is 0 Å². The summed E-state index contributed by atoms with van der Waals surface area (Å²) in [5, 5.41) is 9.93. The van der Waals surface area contributed by atoms with Crippen molar-refractivity contribution in [3.8, 4) is 0 Å². The molecule has 350 valence electrons. The Morgan fingerprint density at radius 2 is 0.809 bits per heavy atom. The molecule has 0 bridgehead atoms. The van der Waals surface area contributed by atoms with Crippen molar-refractivity contribution >= 4 is 23.8 Å². The summed E-state index contributed by atoms with van der Waals surface area (Å²) in [7, 11) is 1.37. The number of likely N-dealkylation sites (tertiary alicyclic amines) is 2. The van der Waals surface area contributed by atoms with E-state index in [1.807, 2.05) is 182 Å². The van der Waals surface area contributed by atoms with Crippen molar-refractivity contribution < 1.29 is 68.3 Å². The average molecular weight is 915 g/mol. The molecule has 0 aromatic heterocycles. The molecule has 4 N–H and O–H groups in total. The van der Waals surface area contributed by atoms with Gasteiger partial charge in [-0.2, -0.15) is 0 Å². The molecule has 68 heavy (non-hydrogen) atoms. The molecule has 0 radical (unpaired) electrons. The molecule has 2 heterocycles. The summed E-state index contributed by atoms with van der Waals surface area (Å²) in [5.41, 5.74) is 5.65. The first-order valence-corrected chi connectivity index (χ1v) is 22.2. The topological polar surface area (TPSA) is 184 Å². The van der Waals surface area contributed by atoms with E-state index < -0.39 is 35.9 Å². The molecule has 12 nitrogen and oxygen atoms in total. The van der Waals surface area contributed by atoms with Crippen molar-refractivity contribution in [1.82, 2.24) is 9.80 Å². The number of ether oxygens (including phenoxy) is 3. The fourth-order valence-corrected chi connectivity index (χ4v) is 8.74. The third-order valence-corrected chi connectivity index (χ3v) is 12.1. The number of hydrogen-bond donors (Lipinski definition) is 1. The van der Waals surface area contributed by atoms with Gasteiger partial charge in [0.25, 0.3) is 0 Å². The summed E-state index contributed by atoms with van der Waals surface area (Å²) in [6.45, 7) is 1.70. The molecular formula is C55H59LiN2O10. The summed E-state index contributed by atoms with van der Waals surface area (Å²) in [6, 6.07) is 56.7. The molecular weight excluding hydrogens is 856 g/mol. The van der Waals surface area contributed by atoms with Crippen LogP contribution in [-0.2, 0) is 46.6 Å². The number of esters is 1. The van der Waals surface area contributed by atoms with Gasteiger partial charge in [-0.1, -0.05) is 182 Å². The smallest absolute Gasteiger partial charge is 0.870 e. The summed E-state index contributed by atoms with van der Waals surface area (Å²) in [6.07, 6.45) is 1.66. The summed E-state index contributed by atoms with van der Waals surface area (Å²) in [4.78, 5) is 55.7. The Labute approximate surface area is 410 Å². The predicted octanol–water partition coefficient (Wildman–Crippen LogP) is 5.05. The van der Waals surface area contributed by atoms with Crippen LogP contribution >= 0.6 is 0 Å². The van der Waals surface area contributed by atoms with Gasteiger partial charge in [0.05, 0.1) is 44.4 Å². The van der Waals surface area contributed by atoms with E-state index in [4.69, 9.17) is 14.2 Å². The molecule has 0 saturated carbocycles. The third kappa shape index (κ3) is 14.3. The predicted molar refractivity (Wildman–Crippen MR) is 254 cm³/mol. The standard InChI is InChI=1S/C28H29NO4.C27H27NO4.Li.2H2O/c1-32-28(31)25-19-24(33-20-21-11-5-2-6-12-21)17-18-29(25)27(30)26(22-13-7-3-8-14-22)23-15-9-4-10-16-23;29-26(25(21-12-6-2-7-13-21)22-14-8-3-9-15-22)28-17-16-23(18-24(28)27(30)31)32-19-20-10-4-1-5-11-20;;;/h2-16,24-26H,17-20H2,1H3;1-15,23-25H,16-19H2,(H,30,31);;2*1H2/q;;+1;;/p-1/t24-,25+;23-,24+;;;/m11.../s1. The Bertz CT molecular complexity index is 2340. The minimum atomic E-state index is -0.994. The van der Waals surface area contributed by atoms with Gasteiger partial charge < -0.3 is 40.1 Å². The Balaban J connectivity index is 0.000000284. The molecule has 0 aliphatic carbocycles. The normalized spacial score (nSPS) is 17.5. The number of carbonyl (C=O) groups is 4. The van der Waals surface area contributed by atoms with E-state index in [-0.39, 0.29) is 60.3 Å². The van der Waals surface area contributed by atoms with E-state index in [1.54, 1.807) is 4.90 Å². The summed E-state index contributed by atoms with van der Waals surface area (Å²) in [5.74, 6) is -2.70. The number of rotatable bonds is 14. The van der Waals surface area contributed by atoms with E-state index in [1.165, 1.54) is 12.0 Å². The molecule has 13 heteroatoms.